The normalized spacial score (nSPS) is 32.4. The molecule has 0 aliphatic carbocycles. The first kappa shape index (κ1) is 13.8. The van der Waals surface area contributed by atoms with E-state index < -0.39 is 0 Å². The second-order valence-electron chi connectivity index (χ2n) is 5.59. The molecular formula is C14H27N3O. The van der Waals surface area contributed by atoms with E-state index >= 15 is 0 Å². The van der Waals surface area contributed by atoms with Crippen LogP contribution >= 0.6 is 0 Å². The molecule has 2 aliphatic rings. The molecule has 2 saturated heterocycles. The first-order valence-corrected chi connectivity index (χ1v) is 7.43. The molecule has 2 fully saturated rings. The van der Waals surface area contributed by atoms with Crippen LogP contribution in [0.25, 0.3) is 0 Å². The van der Waals surface area contributed by atoms with Crippen molar-refractivity contribution in [3.05, 3.63) is 0 Å². The molecule has 2 aliphatic heterocycles. The van der Waals surface area contributed by atoms with Crippen LogP contribution in [0.2, 0.25) is 0 Å². The molecule has 4 nitrogen and oxygen atoms in total. The minimum absolute atomic E-state index is 0.209. The molecule has 2 rings (SSSR count). The summed E-state index contributed by atoms with van der Waals surface area (Å²) >= 11 is 0. The van der Waals surface area contributed by atoms with Crippen LogP contribution in [0.15, 0.2) is 0 Å². The largest absolute Gasteiger partial charge is 0.341 e. The highest BCUT2D eigenvalue weighted by molar-refractivity contribution is 5.80. The van der Waals surface area contributed by atoms with E-state index in [1.54, 1.807) is 0 Å². The fourth-order valence-corrected chi connectivity index (χ4v) is 3.41. The molecule has 1 amide bonds. The third-order valence-electron chi connectivity index (χ3n) is 4.65. The maximum absolute atomic E-state index is 12.5. The number of hydrogen-bond acceptors (Lipinski definition) is 3. The summed E-state index contributed by atoms with van der Waals surface area (Å²) in [6, 6.07) is 0.929. The first-order chi connectivity index (χ1) is 8.67. The summed E-state index contributed by atoms with van der Waals surface area (Å²) in [5, 5.41) is 3.37. The van der Waals surface area contributed by atoms with E-state index in [9.17, 15) is 4.79 Å². The number of amides is 1. The molecule has 1 N–H and O–H groups in total. The molecule has 2 heterocycles. The lowest BCUT2D eigenvalue weighted by molar-refractivity contribution is -0.134. The van der Waals surface area contributed by atoms with E-state index in [-0.39, 0.29) is 5.92 Å². The lowest BCUT2D eigenvalue weighted by Gasteiger charge is -2.27. The van der Waals surface area contributed by atoms with Crippen molar-refractivity contribution in [2.75, 3.05) is 32.7 Å². The second kappa shape index (κ2) is 6.02. The van der Waals surface area contributed by atoms with Gasteiger partial charge in [0.05, 0.1) is 5.92 Å². The third kappa shape index (κ3) is 2.69. The number of hydrogen-bond donors (Lipinski definition) is 1. The molecule has 4 heteroatoms. The Kier molecular flexibility index (Phi) is 4.62. The molecule has 3 unspecified atom stereocenters. The molecule has 0 aromatic rings. The van der Waals surface area contributed by atoms with Crippen LogP contribution in [-0.2, 0) is 4.79 Å². The second-order valence-corrected chi connectivity index (χ2v) is 5.59. The average molecular weight is 253 g/mol. The zero-order valence-corrected chi connectivity index (χ0v) is 12.0. The lowest BCUT2D eigenvalue weighted by Crippen LogP contribution is -2.42. The van der Waals surface area contributed by atoms with Gasteiger partial charge in [-0.15, -0.1) is 0 Å². The van der Waals surface area contributed by atoms with Crippen LogP contribution in [0.4, 0.5) is 0 Å². The molecule has 104 valence electrons. The molecule has 18 heavy (non-hydrogen) atoms. The monoisotopic (exact) mass is 253 g/mol. The van der Waals surface area contributed by atoms with Crippen LogP contribution in [0.5, 0.6) is 0 Å². The van der Waals surface area contributed by atoms with Crippen LogP contribution in [0.3, 0.4) is 0 Å². The Morgan fingerprint density at radius 2 is 2.06 bits per heavy atom. The van der Waals surface area contributed by atoms with Crippen molar-refractivity contribution in [1.82, 2.24) is 15.1 Å². The number of rotatable bonds is 4. The van der Waals surface area contributed by atoms with Crippen LogP contribution in [0, 0.1) is 5.92 Å². The van der Waals surface area contributed by atoms with Gasteiger partial charge in [0.2, 0.25) is 5.91 Å². The van der Waals surface area contributed by atoms with Crippen molar-refractivity contribution in [3.63, 3.8) is 0 Å². The predicted octanol–water partition coefficient (Wildman–Crippen LogP) is 0.927. The molecule has 0 aromatic heterocycles. The minimum Gasteiger partial charge on any atom is -0.341 e. The maximum Gasteiger partial charge on any atom is 0.227 e. The van der Waals surface area contributed by atoms with Crippen molar-refractivity contribution in [2.24, 2.45) is 5.92 Å². The summed E-state index contributed by atoms with van der Waals surface area (Å²) in [7, 11) is 0. The van der Waals surface area contributed by atoms with E-state index in [0.29, 0.717) is 18.0 Å². The van der Waals surface area contributed by atoms with Gasteiger partial charge < -0.3 is 10.2 Å². The highest BCUT2D eigenvalue weighted by Crippen LogP contribution is 2.22. The van der Waals surface area contributed by atoms with Crippen molar-refractivity contribution in [2.45, 2.75) is 45.7 Å². The molecule has 3 atom stereocenters. The topological polar surface area (TPSA) is 35.6 Å². The fraction of sp³-hybridized carbons (Fsp3) is 0.929. The first-order valence-electron chi connectivity index (χ1n) is 7.43. The Labute approximate surface area is 111 Å². The zero-order valence-electron chi connectivity index (χ0n) is 12.0. The van der Waals surface area contributed by atoms with Gasteiger partial charge in [0.25, 0.3) is 0 Å². The number of likely N-dealkylation sites (N-methyl/N-ethyl adjacent to an activating group) is 1. The van der Waals surface area contributed by atoms with Gasteiger partial charge in [0.15, 0.2) is 0 Å². The summed E-state index contributed by atoms with van der Waals surface area (Å²) < 4.78 is 0. The van der Waals surface area contributed by atoms with Crippen molar-refractivity contribution >= 4 is 5.91 Å². The molecule has 0 saturated carbocycles. The smallest absolute Gasteiger partial charge is 0.227 e. The van der Waals surface area contributed by atoms with Gasteiger partial charge in [0, 0.05) is 25.2 Å². The fourth-order valence-electron chi connectivity index (χ4n) is 3.41. The van der Waals surface area contributed by atoms with E-state index in [1.165, 1.54) is 0 Å². The summed E-state index contributed by atoms with van der Waals surface area (Å²) in [5.41, 5.74) is 0. The van der Waals surface area contributed by atoms with Crippen molar-refractivity contribution < 1.29 is 4.79 Å². The van der Waals surface area contributed by atoms with Gasteiger partial charge in [-0.3, -0.25) is 9.69 Å². The number of carbonyl (C=O) groups is 1. The van der Waals surface area contributed by atoms with E-state index in [4.69, 9.17) is 0 Å². The minimum atomic E-state index is 0.209. The van der Waals surface area contributed by atoms with E-state index in [0.717, 1.165) is 45.6 Å². The average Bonchev–Trinajstić information content (AvgIpc) is 2.99. The Balaban J connectivity index is 1.90. The number of likely N-dealkylation sites (tertiary alicyclic amines) is 1. The van der Waals surface area contributed by atoms with Gasteiger partial charge >= 0.3 is 0 Å². The highest BCUT2D eigenvalue weighted by atomic mass is 16.2. The quantitative estimate of drug-likeness (QED) is 0.809. The zero-order chi connectivity index (χ0) is 13.1. The van der Waals surface area contributed by atoms with Gasteiger partial charge in [-0.2, -0.15) is 0 Å². The van der Waals surface area contributed by atoms with E-state index in [1.807, 2.05) is 0 Å². The summed E-state index contributed by atoms with van der Waals surface area (Å²) in [5.74, 6) is 0.586. The molecule has 0 radical (unpaired) electrons. The van der Waals surface area contributed by atoms with Gasteiger partial charge in [-0.05, 0) is 39.4 Å². The van der Waals surface area contributed by atoms with Crippen LogP contribution in [-0.4, -0.2) is 60.5 Å². The molecule has 0 aromatic carbocycles. The number of nitrogens with zero attached hydrogens (tertiary/aromatic N) is 2. The van der Waals surface area contributed by atoms with Crippen molar-refractivity contribution in [3.8, 4) is 0 Å². The van der Waals surface area contributed by atoms with Crippen LogP contribution in [0.1, 0.15) is 33.6 Å². The van der Waals surface area contributed by atoms with Gasteiger partial charge in [-0.25, -0.2) is 0 Å². The van der Waals surface area contributed by atoms with Crippen LogP contribution < -0.4 is 5.32 Å². The summed E-state index contributed by atoms with van der Waals surface area (Å²) in [6.07, 6.45) is 2.15. The van der Waals surface area contributed by atoms with Gasteiger partial charge in [0.1, 0.15) is 0 Å². The van der Waals surface area contributed by atoms with Crippen molar-refractivity contribution in [1.29, 1.82) is 0 Å². The Hall–Kier alpha value is -0.610. The Morgan fingerprint density at radius 3 is 2.61 bits per heavy atom. The van der Waals surface area contributed by atoms with E-state index in [2.05, 4.69) is 35.9 Å². The maximum atomic E-state index is 12.5. The van der Waals surface area contributed by atoms with Gasteiger partial charge in [-0.1, -0.05) is 13.8 Å². The predicted molar refractivity (Wildman–Crippen MR) is 73.5 cm³/mol. The molecule has 0 bridgehead atoms. The summed E-state index contributed by atoms with van der Waals surface area (Å²) in [6.45, 7) is 11.6. The standard InChI is InChI=1S/C14H27N3O/c1-4-16(5-2)12-7-9-17(10-12)14(18)13-6-8-15-11(13)3/h11-13,15H,4-10H2,1-3H3. The number of carbonyl (C=O) groups excluding carboxylic acids is 1. The highest BCUT2D eigenvalue weighted by Gasteiger charge is 2.36. The lowest BCUT2D eigenvalue weighted by atomic mass is 10.0. The number of nitrogens with one attached hydrogen (secondary N) is 1. The Morgan fingerprint density at radius 1 is 1.33 bits per heavy atom. The molecule has 0 spiro atoms. The third-order valence-corrected chi connectivity index (χ3v) is 4.65. The Bertz CT molecular complexity index is 291. The molecular weight excluding hydrogens is 226 g/mol. The summed E-state index contributed by atoms with van der Waals surface area (Å²) in [4.78, 5) is 17.0. The SMILES string of the molecule is CCN(CC)C1CCN(C(=O)C2CCNC2C)C1.